The van der Waals surface area contributed by atoms with E-state index in [1.807, 2.05) is 0 Å². The van der Waals surface area contributed by atoms with Crippen LogP contribution in [-0.2, 0) is 23.9 Å². The number of hydrogen-bond donors (Lipinski definition) is 2. The number of ether oxygens (including phenoxy) is 2. The van der Waals surface area contributed by atoms with Gasteiger partial charge in [-0.05, 0) is 72.5 Å². The molecular weight excluding hydrogens is 524 g/mol. The molecule has 1 N–H and O–H groups in total. The summed E-state index contributed by atoms with van der Waals surface area (Å²) in [7, 11) is 0. The largest absolute Gasteiger partial charge is 0.456 e. The normalized spacial score (nSPS) is 9.03. The number of thiol groups is 1. The van der Waals surface area contributed by atoms with Crippen LogP contribution < -0.4 is 0 Å². The summed E-state index contributed by atoms with van der Waals surface area (Å²) in [6.45, 7) is 4.57. The molecule has 7 heteroatoms. The fourth-order valence-corrected chi connectivity index (χ4v) is 2.90. The minimum absolute atomic E-state index is 0. The topological polar surface area (TPSA) is 89.9 Å². The number of unbranched alkanes of at least 4 members (excludes halogenated alkanes) is 10. The Balaban J connectivity index is -0.0000000828. The maximum atomic E-state index is 11.9. The van der Waals surface area contributed by atoms with Gasteiger partial charge in [0.2, 0.25) is 0 Å². The molecular formula is C33H62O6S. The van der Waals surface area contributed by atoms with Crippen molar-refractivity contribution in [3.8, 4) is 71.0 Å². The van der Waals surface area contributed by atoms with Crippen LogP contribution >= 0.6 is 12.6 Å². The van der Waals surface area contributed by atoms with E-state index in [-0.39, 0.29) is 33.8 Å². The second-order valence-corrected chi connectivity index (χ2v) is 8.95. The van der Waals surface area contributed by atoms with Crippen LogP contribution in [0.15, 0.2) is 0 Å². The molecule has 0 aliphatic carbocycles. The summed E-state index contributed by atoms with van der Waals surface area (Å²) in [6.07, 6.45) is 12.5. The smallest absolute Gasteiger partial charge is 0.385 e. The maximum absolute atomic E-state index is 11.9. The first kappa shape index (κ1) is 38.4. The summed E-state index contributed by atoms with van der Waals surface area (Å²) in [5.74, 6) is 28.0. The average Bonchev–Trinajstić information content (AvgIpc) is 2.92. The van der Waals surface area contributed by atoms with Gasteiger partial charge >= 0.3 is 11.9 Å². The molecule has 40 heavy (non-hydrogen) atoms. The lowest BCUT2D eigenvalue weighted by Gasteiger charge is -2.14. The molecule has 0 saturated carbocycles. The Kier molecular flexibility index (Phi) is 30.3. The molecule has 0 unspecified atom stereocenters. The van der Waals surface area contributed by atoms with Crippen molar-refractivity contribution in [2.24, 2.45) is 0 Å². The van der Waals surface area contributed by atoms with E-state index in [0.717, 1.165) is 19.3 Å². The third-order valence-corrected chi connectivity index (χ3v) is 4.74. The van der Waals surface area contributed by atoms with Crippen LogP contribution in [0.5, 0.6) is 0 Å². The SMILES string of the molecule is CC#CC#CC#CC#CC#CC#CC(=O)OC[C@H](CO)OC(=O)CCCCCCCCCCCCC.CC(=O)S.[HH].[HH].[HH].[HH].[HH].[HH].[HH].[HH].[HH].[HH].[HH]. The van der Waals surface area contributed by atoms with Crippen LogP contribution in [0.1, 0.15) is 114 Å². The highest BCUT2D eigenvalue weighted by Crippen LogP contribution is 2.12. The van der Waals surface area contributed by atoms with Crippen molar-refractivity contribution in [1.29, 1.82) is 0 Å². The predicted molar refractivity (Wildman–Crippen MR) is 184 cm³/mol. The summed E-state index contributed by atoms with van der Waals surface area (Å²) in [4.78, 5) is 32.9. The minimum Gasteiger partial charge on any atom is -0.456 e. The standard InChI is InChI=1S/C31H36O5.C2H4OS.11H2/c1-3-5-7-9-11-13-15-17-19-21-23-25-30(33)35-28-29(27-32)36-31(34)26-24-22-20-18-16-14-12-10-8-6-4-2;1-2(3)4;;;;;;;;;;;/h29,32H,4,6,8,10,12,14,16,18,20,22,24,26-28H2,1-2H3;1H3,(H,3,4);11*1H/t29-;;;;;;;;;;;;/m0............/s1. The van der Waals surface area contributed by atoms with Gasteiger partial charge in [-0.2, -0.15) is 0 Å². The highest BCUT2D eigenvalue weighted by molar-refractivity contribution is 7.96. The van der Waals surface area contributed by atoms with Crippen molar-refractivity contribution < 1.29 is 44.7 Å². The molecule has 0 aromatic heterocycles. The molecule has 0 radical (unpaired) electrons. The lowest BCUT2D eigenvalue weighted by atomic mass is 10.1. The summed E-state index contributed by atoms with van der Waals surface area (Å²) in [6, 6.07) is 0. The number of carbonyl (C=O) groups excluding carboxylic acids is 3. The van der Waals surface area contributed by atoms with E-state index in [2.05, 4.69) is 90.6 Å². The third-order valence-electron chi connectivity index (χ3n) is 4.74. The summed E-state index contributed by atoms with van der Waals surface area (Å²) in [5.41, 5.74) is 0. The molecule has 0 fully saturated rings. The molecule has 0 aliphatic heterocycles. The number of esters is 2. The molecule has 0 aromatic carbocycles. The highest BCUT2D eigenvalue weighted by atomic mass is 32.1. The molecule has 0 amide bonds. The first-order valence-electron chi connectivity index (χ1n) is 13.5. The second kappa shape index (κ2) is 31.5. The third kappa shape index (κ3) is 34.3. The Labute approximate surface area is 262 Å². The fourth-order valence-electron chi connectivity index (χ4n) is 2.90. The molecule has 0 heterocycles. The predicted octanol–water partition coefficient (Wildman–Crippen LogP) is 7.34. The molecule has 236 valence electrons. The van der Waals surface area contributed by atoms with E-state index in [1.54, 1.807) is 6.92 Å². The van der Waals surface area contributed by atoms with Gasteiger partial charge in [0.1, 0.15) is 6.61 Å². The monoisotopic (exact) mass is 586 g/mol. The van der Waals surface area contributed by atoms with Gasteiger partial charge < -0.3 is 14.6 Å². The van der Waals surface area contributed by atoms with Gasteiger partial charge in [-0.15, -0.1) is 12.6 Å². The zero-order valence-corrected chi connectivity index (χ0v) is 24.8. The van der Waals surface area contributed by atoms with E-state index < -0.39 is 24.6 Å². The lowest BCUT2D eigenvalue weighted by Crippen LogP contribution is -2.28. The molecule has 6 nitrogen and oxygen atoms in total. The van der Waals surface area contributed by atoms with Crippen molar-refractivity contribution in [2.45, 2.75) is 104 Å². The quantitative estimate of drug-likeness (QED) is 0.0646. The van der Waals surface area contributed by atoms with Crippen molar-refractivity contribution in [1.82, 2.24) is 0 Å². The van der Waals surface area contributed by atoms with Gasteiger partial charge in [-0.3, -0.25) is 9.59 Å². The minimum atomic E-state index is -0.919. The van der Waals surface area contributed by atoms with Gasteiger partial charge in [0.25, 0.3) is 0 Å². The molecule has 0 rings (SSSR count). The number of aliphatic hydroxyl groups excluding tert-OH is 1. The highest BCUT2D eigenvalue weighted by Gasteiger charge is 2.15. The number of hydrogen-bond acceptors (Lipinski definition) is 6. The van der Waals surface area contributed by atoms with Gasteiger partial charge in [-0.1, -0.05) is 77.1 Å². The van der Waals surface area contributed by atoms with Crippen molar-refractivity contribution in [3.63, 3.8) is 0 Å². The van der Waals surface area contributed by atoms with E-state index in [9.17, 15) is 19.5 Å². The number of rotatable bonds is 16. The summed E-state index contributed by atoms with van der Waals surface area (Å²) in [5, 5.41) is 9.22. The zero-order chi connectivity index (χ0) is 30.1. The molecule has 0 aliphatic rings. The Morgan fingerprint density at radius 3 is 1.62 bits per heavy atom. The van der Waals surface area contributed by atoms with Crippen molar-refractivity contribution >= 4 is 29.7 Å². The maximum Gasteiger partial charge on any atom is 0.385 e. The van der Waals surface area contributed by atoms with Gasteiger partial charge in [-0.25, -0.2) is 4.79 Å². The zero-order valence-electron chi connectivity index (χ0n) is 23.9. The Hall–Kier alpha value is -3.72. The van der Waals surface area contributed by atoms with Crippen LogP contribution in [0.4, 0.5) is 0 Å². The summed E-state index contributed by atoms with van der Waals surface area (Å²) >= 11 is 3.33. The Morgan fingerprint density at radius 1 is 0.750 bits per heavy atom. The summed E-state index contributed by atoms with van der Waals surface area (Å²) < 4.78 is 10.1. The Morgan fingerprint density at radius 2 is 1.18 bits per heavy atom. The fraction of sp³-hybridized carbons (Fsp3) is 0.545. The Bertz CT molecular complexity index is 1150. The molecule has 0 saturated heterocycles. The molecule has 1 atom stereocenters. The average molecular weight is 587 g/mol. The van der Waals surface area contributed by atoms with E-state index in [0.29, 0.717) is 0 Å². The van der Waals surface area contributed by atoms with Crippen molar-refractivity contribution in [3.05, 3.63) is 0 Å². The second-order valence-electron chi connectivity index (χ2n) is 8.32. The van der Waals surface area contributed by atoms with Gasteiger partial charge in [0.15, 0.2) is 11.2 Å². The molecule has 0 aromatic rings. The number of aliphatic hydroxyl groups is 1. The lowest BCUT2D eigenvalue weighted by molar-refractivity contribution is -0.159. The molecule has 0 spiro atoms. The van der Waals surface area contributed by atoms with E-state index >= 15 is 0 Å². The van der Waals surface area contributed by atoms with Gasteiger partial charge in [0, 0.05) is 35.0 Å². The first-order chi connectivity index (χ1) is 19.4. The van der Waals surface area contributed by atoms with Crippen LogP contribution in [0.2, 0.25) is 0 Å². The van der Waals surface area contributed by atoms with E-state index in [1.165, 1.54) is 58.3 Å². The van der Waals surface area contributed by atoms with Crippen molar-refractivity contribution in [2.75, 3.05) is 13.2 Å². The van der Waals surface area contributed by atoms with Gasteiger partial charge in [0.05, 0.1) is 6.61 Å². The first-order valence-corrected chi connectivity index (χ1v) is 13.9. The van der Waals surface area contributed by atoms with Crippen LogP contribution in [0.3, 0.4) is 0 Å². The molecule has 0 bridgehead atoms. The number of carbonyl (C=O) groups is 3. The van der Waals surface area contributed by atoms with Crippen LogP contribution in [-0.4, -0.2) is 41.5 Å². The van der Waals surface area contributed by atoms with E-state index in [4.69, 9.17) is 9.47 Å². The van der Waals surface area contributed by atoms with Crippen LogP contribution in [0, 0.1) is 71.0 Å². The van der Waals surface area contributed by atoms with Crippen LogP contribution in [0.25, 0.3) is 0 Å².